The standard InChI is InChI=1S/C10H19ClO/c1-3-9(4-2)8-10(12)6-5-7-11/h9H,3-8H2,1-2H3. The van der Waals surface area contributed by atoms with Crippen LogP contribution < -0.4 is 0 Å². The maximum Gasteiger partial charge on any atom is 0.133 e. The number of hydrogen-bond acceptors (Lipinski definition) is 1. The fraction of sp³-hybridized carbons (Fsp3) is 0.900. The van der Waals surface area contributed by atoms with Crippen LogP contribution in [0, 0.1) is 5.92 Å². The van der Waals surface area contributed by atoms with Gasteiger partial charge in [-0.05, 0) is 12.3 Å². The minimum atomic E-state index is 0.379. The Kier molecular flexibility index (Phi) is 7.58. The maximum absolute atomic E-state index is 11.3. The molecule has 0 spiro atoms. The van der Waals surface area contributed by atoms with Crippen LogP contribution in [0.3, 0.4) is 0 Å². The molecule has 0 saturated carbocycles. The lowest BCUT2D eigenvalue weighted by molar-refractivity contribution is -0.120. The van der Waals surface area contributed by atoms with Crippen LogP contribution in [-0.4, -0.2) is 11.7 Å². The maximum atomic E-state index is 11.3. The quantitative estimate of drug-likeness (QED) is 0.563. The Balaban J connectivity index is 3.52. The van der Waals surface area contributed by atoms with Gasteiger partial charge in [0, 0.05) is 18.7 Å². The molecule has 0 N–H and O–H groups in total. The normalized spacial score (nSPS) is 10.7. The van der Waals surface area contributed by atoms with Gasteiger partial charge in [-0.15, -0.1) is 11.6 Å². The summed E-state index contributed by atoms with van der Waals surface area (Å²) in [6, 6.07) is 0. The van der Waals surface area contributed by atoms with Gasteiger partial charge >= 0.3 is 0 Å². The number of halogens is 1. The summed E-state index contributed by atoms with van der Waals surface area (Å²) < 4.78 is 0. The van der Waals surface area contributed by atoms with Crippen LogP contribution in [0.25, 0.3) is 0 Å². The molecule has 0 aliphatic carbocycles. The van der Waals surface area contributed by atoms with Crippen molar-refractivity contribution in [2.24, 2.45) is 5.92 Å². The zero-order valence-corrected chi connectivity index (χ0v) is 8.86. The molecular formula is C10H19ClO. The van der Waals surface area contributed by atoms with Crippen LogP contribution in [0.2, 0.25) is 0 Å². The Hall–Kier alpha value is -0.0400. The van der Waals surface area contributed by atoms with Crippen LogP contribution in [-0.2, 0) is 4.79 Å². The monoisotopic (exact) mass is 190 g/mol. The number of rotatable bonds is 7. The van der Waals surface area contributed by atoms with Gasteiger partial charge in [-0.2, -0.15) is 0 Å². The highest BCUT2D eigenvalue weighted by molar-refractivity contribution is 6.17. The van der Waals surface area contributed by atoms with Gasteiger partial charge < -0.3 is 0 Å². The van der Waals surface area contributed by atoms with Crippen molar-refractivity contribution in [3.8, 4) is 0 Å². The van der Waals surface area contributed by atoms with Gasteiger partial charge in [0.05, 0.1) is 0 Å². The molecule has 0 aromatic rings. The lowest BCUT2D eigenvalue weighted by Gasteiger charge is -2.09. The van der Waals surface area contributed by atoms with Gasteiger partial charge in [-0.1, -0.05) is 26.7 Å². The lowest BCUT2D eigenvalue weighted by Crippen LogP contribution is -2.06. The van der Waals surface area contributed by atoms with Gasteiger partial charge in [0.1, 0.15) is 5.78 Å². The highest BCUT2D eigenvalue weighted by Crippen LogP contribution is 2.14. The van der Waals surface area contributed by atoms with Gasteiger partial charge in [0.15, 0.2) is 0 Å². The van der Waals surface area contributed by atoms with Crippen molar-refractivity contribution in [3.05, 3.63) is 0 Å². The Bertz CT molecular complexity index is 119. The summed E-state index contributed by atoms with van der Waals surface area (Å²) in [6.45, 7) is 4.28. The van der Waals surface area contributed by atoms with Crippen molar-refractivity contribution >= 4 is 17.4 Å². The van der Waals surface area contributed by atoms with Crippen molar-refractivity contribution in [2.75, 3.05) is 5.88 Å². The minimum Gasteiger partial charge on any atom is -0.300 e. The first-order valence-corrected chi connectivity index (χ1v) is 5.35. The SMILES string of the molecule is CCC(CC)CC(=O)CCCCl. The van der Waals surface area contributed by atoms with Crippen molar-refractivity contribution in [1.82, 2.24) is 0 Å². The van der Waals surface area contributed by atoms with Crippen LogP contribution in [0.4, 0.5) is 0 Å². The molecule has 0 heterocycles. The van der Waals surface area contributed by atoms with Crippen molar-refractivity contribution in [1.29, 1.82) is 0 Å². The third-order valence-electron chi connectivity index (χ3n) is 2.26. The molecule has 2 heteroatoms. The summed E-state index contributed by atoms with van der Waals surface area (Å²) in [5.41, 5.74) is 0. The Morgan fingerprint density at radius 3 is 2.33 bits per heavy atom. The summed E-state index contributed by atoms with van der Waals surface area (Å²) >= 11 is 5.50. The van der Waals surface area contributed by atoms with Crippen LogP contribution in [0.15, 0.2) is 0 Å². The van der Waals surface area contributed by atoms with Gasteiger partial charge in [0.2, 0.25) is 0 Å². The smallest absolute Gasteiger partial charge is 0.133 e. The molecule has 1 nitrogen and oxygen atoms in total. The summed E-state index contributed by atoms with van der Waals surface area (Å²) in [7, 11) is 0. The average molecular weight is 191 g/mol. The van der Waals surface area contributed by atoms with Crippen molar-refractivity contribution < 1.29 is 4.79 Å². The van der Waals surface area contributed by atoms with Crippen LogP contribution in [0.5, 0.6) is 0 Å². The van der Waals surface area contributed by atoms with E-state index < -0.39 is 0 Å². The zero-order chi connectivity index (χ0) is 9.40. The Morgan fingerprint density at radius 1 is 1.33 bits per heavy atom. The highest BCUT2D eigenvalue weighted by Gasteiger charge is 2.09. The number of alkyl halides is 1. The van der Waals surface area contributed by atoms with E-state index in [2.05, 4.69) is 13.8 Å². The van der Waals surface area contributed by atoms with Crippen LogP contribution in [0.1, 0.15) is 46.0 Å². The van der Waals surface area contributed by atoms with E-state index in [-0.39, 0.29) is 0 Å². The molecule has 0 aromatic carbocycles. The van der Waals surface area contributed by atoms with E-state index in [0.29, 0.717) is 24.0 Å². The second-order valence-electron chi connectivity index (χ2n) is 3.22. The number of ketones is 1. The second kappa shape index (κ2) is 7.60. The first kappa shape index (κ1) is 12.0. The molecule has 0 radical (unpaired) electrons. The highest BCUT2D eigenvalue weighted by atomic mass is 35.5. The molecule has 0 fully saturated rings. The molecule has 0 atom stereocenters. The molecule has 0 rings (SSSR count). The van der Waals surface area contributed by atoms with Crippen molar-refractivity contribution in [2.45, 2.75) is 46.0 Å². The average Bonchev–Trinajstić information content (AvgIpc) is 2.10. The molecule has 0 saturated heterocycles. The minimum absolute atomic E-state index is 0.379. The van der Waals surface area contributed by atoms with Gasteiger partial charge in [-0.3, -0.25) is 4.79 Å². The first-order valence-electron chi connectivity index (χ1n) is 4.82. The third-order valence-corrected chi connectivity index (χ3v) is 2.53. The number of hydrogen-bond donors (Lipinski definition) is 0. The molecular weight excluding hydrogens is 172 g/mol. The van der Waals surface area contributed by atoms with E-state index in [1.165, 1.54) is 0 Å². The van der Waals surface area contributed by atoms with Crippen LogP contribution >= 0.6 is 11.6 Å². The van der Waals surface area contributed by atoms with Gasteiger partial charge in [0.25, 0.3) is 0 Å². The molecule has 0 aromatic heterocycles. The second-order valence-corrected chi connectivity index (χ2v) is 3.60. The van der Waals surface area contributed by atoms with E-state index in [9.17, 15) is 4.79 Å². The van der Waals surface area contributed by atoms with Gasteiger partial charge in [-0.25, -0.2) is 0 Å². The summed E-state index contributed by atoms with van der Waals surface area (Å²) in [5.74, 6) is 1.58. The fourth-order valence-electron chi connectivity index (χ4n) is 1.27. The lowest BCUT2D eigenvalue weighted by atomic mass is 9.95. The van der Waals surface area contributed by atoms with E-state index >= 15 is 0 Å². The van der Waals surface area contributed by atoms with E-state index in [1.807, 2.05) is 0 Å². The molecule has 0 bridgehead atoms. The molecule has 12 heavy (non-hydrogen) atoms. The van der Waals surface area contributed by atoms with E-state index in [1.54, 1.807) is 0 Å². The Morgan fingerprint density at radius 2 is 1.92 bits per heavy atom. The summed E-state index contributed by atoms with van der Waals surface area (Å²) in [5, 5.41) is 0. The summed E-state index contributed by atoms with van der Waals surface area (Å²) in [4.78, 5) is 11.3. The Labute approximate surface area is 80.5 Å². The first-order chi connectivity index (χ1) is 5.74. The predicted octanol–water partition coefficient (Wildman–Crippen LogP) is 3.40. The third kappa shape index (κ3) is 5.59. The summed E-state index contributed by atoms with van der Waals surface area (Å²) in [6.07, 6.45) is 4.48. The molecule has 72 valence electrons. The predicted molar refractivity (Wildman–Crippen MR) is 53.7 cm³/mol. The number of Topliss-reactive ketones (excluding diaryl/α,β-unsaturated/α-hetero) is 1. The number of carbonyl (C=O) groups is 1. The molecule has 0 amide bonds. The van der Waals surface area contributed by atoms with E-state index in [0.717, 1.165) is 25.7 Å². The fourth-order valence-corrected chi connectivity index (χ4v) is 1.40. The van der Waals surface area contributed by atoms with E-state index in [4.69, 9.17) is 11.6 Å². The molecule has 0 unspecified atom stereocenters. The zero-order valence-electron chi connectivity index (χ0n) is 8.11. The van der Waals surface area contributed by atoms with Crippen molar-refractivity contribution in [3.63, 3.8) is 0 Å². The largest absolute Gasteiger partial charge is 0.300 e. The number of carbonyl (C=O) groups excluding carboxylic acids is 1. The molecule has 0 aliphatic heterocycles. The topological polar surface area (TPSA) is 17.1 Å². The molecule has 0 aliphatic rings.